The van der Waals surface area contributed by atoms with Crippen LogP contribution in [-0.2, 0) is 9.47 Å². The summed E-state index contributed by atoms with van der Waals surface area (Å²) in [6.07, 6.45) is 1.09. The average molecular weight is 217 g/mol. The molecule has 3 heteroatoms. The monoisotopic (exact) mass is 217 g/mol. The van der Waals surface area contributed by atoms with Gasteiger partial charge in [-0.15, -0.1) is 0 Å². The first kappa shape index (κ1) is 14.9. The molecule has 0 saturated heterocycles. The Labute approximate surface area is 94.5 Å². The quantitative estimate of drug-likeness (QED) is 0.641. The van der Waals surface area contributed by atoms with Crippen molar-refractivity contribution in [3.8, 4) is 0 Å². The summed E-state index contributed by atoms with van der Waals surface area (Å²) < 4.78 is 10.7. The first-order chi connectivity index (χ1) is 7.10. The van der Waals surface area contributed by atoms with E-state index in [1.165, 1.54) is 0 Å². The maximum Gasteiger partial charge on any atom is 0.0617 e. The maximum absolute atomic E-state index is 5.58. The third-order valence-electron chi connectivity index (χ3n) is 2.20. The second kappa shape index (κ2) is 9.13. The maximum atomic E-state index is 5.58. The number of rotatable bonds is 9. The van der Waals surface area contributed by atoms with Crippen LogP contribution in [0.1, 0.15) is 34.1 Å². The van der Waals surface area contributed by atoms with Crippen molar-refractivity contribution in [2.24, 2.45) is 5.92 Å². The molecule has 0 fully saturated rings. The number of hydrogen-bond donors (Lipinski definition) is 1. The summed E-state index contributed by atoms with van der Waals surface area (Å²) in [6, 6.07) is 0.830. The lowest BCUT2D eigenvalue weighted by Crippen LogP contribution is -2.41. The molecule has 0 saturated carbocycles. The van der Waals surface area contributed by atoms with E-state index in [0.717, 1.165) is 26.2 Å². The highest BCUT2D eigenvalue weighted by Gasteiger charge is 2.09. The van der Waals surface area contributed by atoms with Crippen LogP contribution in [0.2, 0.25) is 0 Å². The minimum Gasteiger partial charge on any atom is -0.383 e. The molecule has 0 bridgehead atoms. The van der Waals surface area contributed by atoms with Crippen molar-refractivity contribution in [2.75, 3.05) is 26.9 Å². The zero-order valence-corrected chi connectivity index (χ0v) is 10.9. The molecule has 3 nitrogen and oxygen atoms in total. The van der Waals surface area contributed by atoms with Crippen LogP contribution < -0.4 is 5.32 Å². The Morgan fingerprint density at radius 3 is 2.20 bits per heavy atom. The van der Waals surface area contributed by atoms with Gasteiger partial charge in [0.1, 0.15) is 0 Å². The highest BCUT2D eigenvalue weighted by atomic mass is 16.5. The van der Waals surface area contributed by atoms with E-state index < -0.39 is 0 Å². The summed E-state index contributed by atoms with van der Waals surface area (Å²) >= 11 is 0. The fourth-order valence-corrected chi connectivity index (χ4v) is 1.42. The van der Waals surface area contributed by atoms with E-state index >= 15 is 0 Å². The fourth-order valence-electron chi connectivity index (χ4n) is 1.42. The van der Waals surface area contributed by atoms with Crippen molar-refractivity contribution in [1.82, 2.24) is 5.32 Å². The zero-order chi connectivity index (χ0) is 11.7. The molecule has 0 aliphatic carbocycles. The minimum absolute atomic E-state index is 0.392. The Balaban J connectivity index is 3.56. The molecule has 0 aromatic heterocycles. The minimum atomic E-state index is 0.392. The molecule has 15 heavy (non-hydrogen) atoms. The molecule has 92 valence electrons. The molecule has 0 aliphatic heterocycles. The van der Waals surface area contributed by atoms with Crippen LogP contribution in [0.15, 0.2) is 0 Å². The molecular formula is C12H27NO2. The largest absolute Gasteiger partial charge is 0.383 e. The Morgan fingerprint density at radius 2 is 1.73 bits per heavy atom. The van der Waals surface area contributed by atoms with Crippen LogP contribution in [-0.4, -0.2) is 39.0 Å². The molecule has 0 heterocycles. The standard InChI is InChI=1S/C12H27NO2/c1-6-12(9-14-5)13-11(4)8-15-7-10(2)3/h10-13H,6-9H2,1-5H3. The molecule has 0 amide bonds. The first-order valence-electron chi connectivity index (χ1n) is 5.92. The molecule has 0 aliphatic rings. The van der Waals surface area contributed by atoms with Crippen LogP contribution >= 0.6 is 0 Å². The van der Waals surface area contributed by atoms with Crippen molar-refractivity contribution < 1.29 is 9.47 Å². The average Bonchev–Trinajstić information content (AvgIpc) is 2.16. The lowest BCUT2D eigenvalue weighted by atomic mass is 10.2. The molecule has 0 aromatic carbocycles. The summed E-state index contributed by atoms with van der Waals surface area (Å²) in [4.78, 5) is 0. The highest BCUT2D eigenvalue weighted by Crippen LogP contribution is 1.97. The van der Waals surface area contributed by atoms with Crippen molar-refractivity contribution >= 4 is 0 Å². The van der Waals surface area contributed by atoms with Crippen LogP contribution in [0.4, 0.5) is 0 Å². The summed E-state index contributed by atoms with van der Waals surface area (Å²) in [5.41, 5.74) is 0. The van der Waals surface area contributed by atoms with E-state index in [-0.39, 0.29) is 0 Å². The van der Waals surface area contributed by atoms with E-state index in [1.807, 2.05) is 0 Å². The fraction of sp³-hybridized carbons (Fsp3) is 1.00. The summed E-state index contributed by atoms with van der Waals surface area (Å²) in [7, 11) is 1.74. The zero-order valence-electron chi connectivity index (χ0n) is 10.9. The van der Waals surface area contributed by atoms with Crippen LogP contribution in [0.3, 0.4) is 0 Å². The van der Waals surface area contributed by atoms with E-state index in [0.29, 0.717) is 18.0 Å². The normalized spacial score (nSPS) is 15.6. The second-order valence-electron chi connectivity index (χ2n) is 4.56. The van der Waals surface area contributed by atoms with E-state index in [9.17, 15) is 0 Å². The highest BCUT2D eigenvalue weighted by molar-refractivity contribution is 4.69. The molecule has 2 atom stereocenters. The SMILES string of the molecule is CCC(COC)NC(C)COCC(C)C. The molecule has 0 spiro atoms. The lowest BCUT2D eigenvalue weighted by Gasteiger charge is -2.21. The number of hydrogen-bond acceptors (Lipinski definition) is 3. The van der Waals surface area contributed by atoms with E-state index in [4.69, 9.17) is 9.47 Å². The van der Waals surface area contributed by atoms with Crippen molar-refractivity contribution in [3.63, 3.8) is 0 Å². The van der Waals surface area contributed by atoms with Gasteiger partial charge in [-0.3, -0.25) is 0 Å². The van der Waals surface area contributed by atoms with Gasteiger partial charge in [0.15, 0.2) is 0 Å². The smallest absolute Gasteiger partial charge is 0.0617 e. The third kappa shape index (κ3) is 8.85. The van der Waals surface area contributed by atoms with Gasteiger partial charge in [-0.05, 0) is 19.3 Å². The van der Waals surface area contributed by atoms with Gasteiger partial charge in [-0.2, -0.15) is 0 Å². The van der Waals surface area contributed by atoms with Crippen molar-refractivity contribution in [1.29, 1.82) is 0 Å². The summed E-state index contributed by atoms with van der Waals surface area (Å²) in [5.74, 6) is 0.609. The summed E-state index contributed by atoms with van der Waals surface area (Å²) in [5, 5.41) is 3.49. The van der Waals surface area contributed by atoms with Crippen molar-refractivity contribution in [3.05, 3.63) is 0 Å². The Hall–Kier alpha value is -0.120. The van der Waals surface area contributed by atoms with E-state index in [1.54, 1.807) is 7.11 Å². The number of nitrogens with one attached hydrogen (secondary N) is 1. The van der Waals surface area contributed by atoms with Gasteiger partial charge < -0.3 is 14.8 Å². The van der Waals surface area contributed by atoms with Gasteiger partial charge in [0.2, 0.25) is 0 Å². The molecule has 0 radical (unpaired) electrons. The molecule has 1 N–H and O–H groups in total. The Morgan fingerprint density at radius 1 is 1.07 bits per heavy atom. The first-order valence-corrected chi connectivity index (χ1v) is 5.92. The van der Waals surface area contributed by atoms with Gasteiger partial charge in [0.05, 0.1) is 13.2 Å². The van der Waals surface area contributed by atoms with Crippen LogP contribution in [0.25, 0.3) is 0 Å². The van der Waals surface area contributed by atoms with Gasteiger partial charge >= 0.3 is 0 Å². The predicted molar refractivity (Wildman–Crippen MR) is 64.2 cm³/mol. The van der Waals surface area contributed by atoms with Gasteiger partial charge in [0.25, 0.3) is 0 Å². The molecule has 0 aromatic rings. The van der Waals surface area contributed by atoms with Gasteiger partial charge in [-0.1, -0.05) is 20.8 Å². The predicted octanol–water partition coefficient (Wildman–Crippen LogP) is 2.06. The molecule has 0 rings (SSSR count). The van der Waals surface area contributed by atoms with Crippen molar-refractivity contribution in [2.45, 2.75) is 46.2 Å². The molecule has 2 unspecified atom stereocenters. The molecular weight excluding hydrogens is 190 g/mol. The Kier molecular flexibility index (Phi) is 9.06. The topological polar surface area (TPSA) is 30.5 Å². The number of methoxy groups -OCH3 is 1. The summed E-state index contributed by atoms with van der Waals surface area (Å²) in [6.45, 7) is 11.0. The second-order valence-corrected chi connectivity index (χ2v) is 4.56. The van der Waals surface area contributed by atoms with E-state index in [2.05, 4.69) is 33.0 Å². The van der Waals surface area contributed by atoms with Crippen LogP contribution in [0, 0.1) is 5.92 Å². The van der Waals surface area contributed by atoms with Gasteiger partial charge in [0, 0.05) is 25.8 Å². The van der Waals surface area contributed by atoms with Gasteiger partial charge in [-0.25, -0.2) is 0 Å². The van der Waals surface area contributed by atoms with Crippen LogP contribution in [0.5, 0.6) is 0 Å². The Bertz CT molecular complexity index is 140. The third-order valence-corrected chi connectivity index (χ3v) is 2.20. The number of ether oxygens (including phenoxy) is 2. The lowest BCUT2D eigenvalue weighted by molar-refractivity contribution is 0.0838.